The minimum absolute atomic E-state index is 0.189. The minimum atomic E-state index is -2.97. The number of carbonyl (C=O) groups is 1. The van der Waals surface area contributed by atoms with Gasteiger partial charge in [-0.3, -0.25) is 9.78 Å². The van der Waals surface area contributed by atoms with Crippen molar-refractivity contribution in [2.45, 2.75) is 37.8 Å². The smallest absolute Gasteiger partial charge is 0.273 e. The van der Waals surface area contributed by atoms with Gasteiger partial charge in [-0.05, 0) is 30.2 Å². The molecule has 2 aromatic heterocycles. The van der Waals surface area contributed by atoms with Crippen LogP contribution in [0.3, 0.4) is 0 Å². The molecular formula is C20H19F2N5O. The van der Waals surface area contributed by atoms with Crippen LogP contribution in [0.1, 0.15) is 41.6 Å². The number of alkyl halides is 2. The molecule has 5 rings (SSSR count). The zero-order valence-corrected chi connectivity index (χ0v) is 15.1. The zero-order valence-electron chi connectivity index (χ0n) is 15.1. The molecule has 1 saturated heterocycles. The number of fused-ring (bicyclic) bond motifs is 1. The van der Waals surface area contributed by atoms with Crippen LogP contribution < -0.4 is 0 Å². The van der Waals surface area contributed by atoms with Gasteiger partial charge in [-0.2, -0.15) is 0 Å². The quantitative estimate of drug-likeness (QED) is 0.692. The molecule has 2 fully saturated rings. The number of likely N-dealkylation sites (tertiary alicyclic amines) is 1. The predicted octanol–water partition coefficient (Wildman–Crippen LogP) is 3.46. The number of hydrogen-bond donors (Lipinski definition) is 0. The van der Waals surface area contributed by atoms with E-state index in [9.17, 15) is 13.6 Å². The van der Waals surface area contributed by atoms with Crippen molar-refractivity contribution in [3.05, 3.63) is 54.4 Å². The summed E-state index contributed by atoms with van der Waals surface area (Å²) in [6.07, 6.45) is 4.91. The van der Waals surface area contributed by atoms with Gasteiger partial charge in [0.25, 0.3) is 11.8 Å². The Labute approximate surface area is 160 Å². The van der Waals surface area contributed by atoms with Crippen LogP contribution in [0.25, 0.3) is 10.8 Å². The Hall–Kier alpha value is -2.90. The SMILES string of the molecule is O=C(c1nccc2ccccc12)N1CC(F)(F)C[C@H]1c1nncn1CC1CC1. The molecule has 1 amide bonds. The number of amides is 1. The molecule has 0 unspecified atom stereocenters. The van der Waals surface area contributed by atoms with Crippen LogP contribution in [0.4, 0.5) is 8.78 Å². The summed E-state index contributed by atoms with van der Waals surface area (Å²) < 4.78 is 30.5. The molecule has 0 N–H and O–H groups in total. The van der Waals surface area contributed by atoms with Crippen LogP contribution in [0.5, 0.6) is 0 Å². The summed E-state index contributed by atoms with van der Waals surface area (Å²) in [6, 6.07) is 8.32. The summed E-state index contributed by atoms with van der Waals surface area (Å²) in [4.78, 5) is 18.7. The summed E-state index contributed by atoms with van der Waals surface area (Å²) in [5, 5.41) is 9.53. The van der Waals surface area contributed by atoms with Crippen molar-refractivity contribution in [3.8, 4) is 0 Å². The monoisotopic (exact) mass is 383 g/mol. The molecule has 1 aliphatic carbocycles. The second-order valence-corrected chi connectivity index (χ2v) is 7.67. The Morgan fingerprint density at radius 1 is 1.21 bits per heavy atom. The molecule has 8 heteroatoms. The van der Waals surface area contributed by atoms with Gasteiger partial charge < -0.3 is 9.47 Å². The van der Waals surface area contributed by atoms with Crippen LogP contribution in [0, 0.1) is 5.92 Å². The highest BCUT2D eigenvalue weighted by molar-refractivity contribution is 6.05. The topological polar surface area (TPSA) is 63.9 Å². The normalized spacial score (nSPS) is 21.4. The molecule has 3 heterocycles. The summed E-state index contributed by atoms with van der Waals surface area (Å²) >= 11 is 0. The second-order valence-electron chi connectivity index (χ2n) is 7.67. The molecule has 0 spiro atoms. The van der Waals surface area contributed by atoms with Crippen LogP contribution in [0.15, 0.2) is 42.9 Å². The average molecular weight is 383 g/mol. The third-order valence-electron chi connectivity index (χ3n) is 5.50. The first-order chi connectivity index (χ1) is 13.5. The van der Waals surface area contributed by atoms with E-state index in [2.05, 4.69) is 15.2 Å². The lowest BCUT2D eigenvalue weighted by molar-refractivity contribution is 0.0117. The summed E-state index contributed by atoms with van der Waals surface area (Å²) in [6.45, 7) is 0.0661. The number of pyridine rings is 1. The standard InChI is InChI=1S/C20H19F2N5O/c21-20(22)9-16(18-25-24-12-26(18)10-13-5-6-13)27(11-20)19(28)17-15-4-2-1-3-14(15)7-8-23-17/h1-4,7-8,12-13,16H,5-6,9-11H2/t16-/m0/s1. The highest BCUT2D eigenvalue weighted by Crippen LogP contribution is 2.42. The van der Waals surface area contributed by atoms with Gasteiger partial charge in [0.2, 0.25) is 0 Å². The Morgan fingerprint density at radius 3 is 2.86 bits per heavy atom. The number of benzene rings is 1. The van der Waals surface area contributed by atoms with E-state index in [-0.39, 0.29) is 5.69 Å². The van der Waals surface area contributed by atoms with Crippen molar-refractivity contribution < 1.29 is 13.6 Å². The highest BCUT2D eigenvalue weighted by atomic mass is 19.3. The van der Waals surface area contributed by atoms with Gasteiger partial charge in [-0.25, -0.2) is 8.78 Å². The van der Waals surface area contributed by atoms with E-state index in [4.69, 9.17) is 0 Å². The number of hydrogen-bond acceptors (Lipinski definition) is 4. The maximum atomic E-state index is 14.4. The zero-order chi connectivity index (χ0) is 19.3. The lowest BCUT2D eigenvalue weighted by atomic mass is 10.1. The Bertz CT molecular complexity index is 1040. The molecule has 2 aliphatic rings. The van der Waals surface area contributed by atoms with Crippen molar-refractivity contribution in [2.75, 3.05) is 6.54 Å². The van der Waals surface area contributed by atoms with E-state index in [1.807, 2.05) is 22.8 Å². The third kappa shape index (κ3) is 3.02. The minimum Gasteiger partial charge on any atom is -0.321 e. The molecule has 144 valence electrons. The van der Waals surface area contributed by atoms with E-state index in [1.165, 1.54) is 11.1 Å². The van der Waals surface area contributed by atoms with Gasteiger partial charge in [-0.1, -0.05) is 24.3 Å². The van der Waals surface area contributed by atoms with Gasteiger partial charge >= 0.3 is 0 Å². The number of rotatable bonds is 4. The molecule has 1 atom stereocenters. The van der Waals surface area contributed by atoms with Crippen molar-refractivity contribution in [3.63, 3.8) is 0 Å². The van der Waals surface area contributed by atoms with Crippen molar-refractivity contribution in [1.82, 2.24) is 24.6 Å². The Balaban J connectivity index is 1.53. The summed E-state index contributed by atoms with van der Waals surface area (Å²) in [5.41, 5.74) is 0.189. The first kappa shape index (κ1) is 17.2. The number of nitrogens with zero attached hydrogens (tertiary/aromatic N) is 5. The van der Waals surface area contributed by atoms with Gasteiger partial charge in [0.15, 0.2) is 5.82 Å². The molecule has 1 saturated carbocycles. The maximum Gasteiger partial charge on any atom is 0.273 e. The highest BCUT2D eigenvalue weighted by Gasteiger charge is 2.50. The van der Waals surface area contributed by atoms with Crippen LogP contribution >= 0.6 is 0 Å². The maximum absolute atomic E-state index is 14.4. The average Bonchev–Trinajstić information content (AvgIpc) is 3.28. The lowest BCUT2D eigenvalue weighted by Gasteiger charge is -2.24. The van der Waals surface area contributed by atoms with E-state index >= 15 is 0 Å². The molecule has 6 nitrogen and oxygen atoms in total. The summed E-state index contributed by atoms with van der Waals surface area (Å²) in [7, 11) is 0. The largest absolute Gasteiger partial charge is 0.321 e. The van der Waals surface area contributed by atoms with E-state index in [0.717, 1.165) is 18.2 Å². The summed E-state index contributed by atoms with van der Waals surface area (Å²) in [5.74, 6) is -2.50. The molecule has 1 aliphatic heterocycles. The van der Waals surface area contributed by atoms with Crippen molar-refractivity contribution in [2.24, 2.45) is 5.92 Å². The first-order valence-electron chi connectivity index (χ1n) is 9.42. The molecule has 1 aromatic carbocycles. The molecule has 0 bridgehead atoms. The lowest BCUT2D eigenvalue weighted by Crippen LogP contribution is -2.34. The number of aromatic nitrogens is 4. The van der Waals surface area contributed by atoms with Gasteiger partial charge in [0.1, 0.15) is 12.0 Å². The van der Waals surface area contributed by atoms with Crippen molar-refractivity contribution in [1.29, 1.82) is 0 Å². The van der Waals surface area contributed by atoms with Crippen LogP contribution in [0.2, 0.25) is 0 Å². The van der Waals surface area contributed by atoms with Gasteiger partial charge in [-0.15, -0.1) is 10.2 Å². The molecular weight excluding hydrogens is 364 g/mol. The fraction of sp³-hybridized carbons (Fsp3) is 0.400. The fourth-order valence-corrected chi connectivity index (χ4v) is 3.93. The van der Waals surface area contributed by atoms with E-state index in [0.29, 0.717) is 23.7 Å². The Kier molecular flexibility index (Phi) is 3.89. The van der Waals surface area contributed by atoms with E-state index in [1.54, 1.807) is 18.5 Å². The third-order valence-corrected chi connectivity index (χ3v) is 5.50. The van der Waals surface area contributed by atoms with E-state index < -0.39 is 30.8 Å². The number of carbonyl (C=O) groups excluding carboxylic acids is 1. The van der Waals surface area contributed by atoms with Gasteiger partial charge in [0, 0.05) is 24.5 Å². The predicted molar refractivity (Wildman–Crippen MR) is 97.8 cm³/mol. The molecule has 28 heavy (non-hydrogen) atoms. The number of halogens is 2. The van der Waals surface area contributed by atoms with Crippen molar-refractivity contribution >= 4 is 16.7 Å². The fourth-order valence-electron chi connectivity index (χ4n) is 3.93. The Morgan fingerprint density at radius 2 is 2.04 bits per heavy atom. The first-order valence-corrected chi connectivity index (χ1v) is 9.42. The molecule has 3 aromatic rings. The van der Waals surface area contributed by atoms with Crippen LogP contribution in [-0.2, 0) is 6.54 Å². The van der Waals surface area contributed by atoms with Crippen LogP contribution in [-0.4, -0.2) is 43.0 Å². The second kappa shape index (κ2) is 6.32. The molecule has 0 radical (unpaired) electrons. The van der Waals surface area contributed by atoms with Gasteiger partial charge in [0.05, 0.1) is 12.6 Å².